The molecule has 5 radical (unpaired) electrons. The van der Waals surface area contributed by atoms with E-state index in [4.69, 9.17) is 0 Å². The van der Waals surface area contributed by atoms with Crippen LogP contribution in [0.3, 0.4) is 0 Å². The number of nitrogens with zero attached hydrogens (tertiary/aromatic N) is 1. The summed E-state index contributed by atoms with van der Waals surface area (Å²) in [7, 11) is 0. The lowest BCUT2D eigenvalue weighted by Gasteiger charge is -2.31. The normalized spacial score (nSPS) is 29.2. The van der Waals surface area contributed by atoms with Crippen molar-refractivity contribution in [1.29, 1.82) is 0 Å². The summed E-state index contributed by atoms with van der Waals surface area (Å²) in [4.78, 5) is 2.62. The molecule has 0 spiro atoms. The highest BCUT2D eigenvalue weighted by Gasteiger charge is 2.43. The molecule has 1 nitrogen and oxygen atoms in total. The second kappa shape index (κ2) is 5.08. The third kappa shape index (κ3) is 2.30. The maximum absolute atomic E-state index is 2.62. The maximum atomic E-state index is 2.62. The van der Waals surface area contributed by atoms with Crippen LogP contribution >= 0.6 is 0 Å². The molecule has 2 aliphatic rings. The van der Waals surface area contributed by atoms with Gasteiger partial charge >= 0.3 is 0 Å². The summed E-state index contributed by atoms with van der Waals surface area (Å²) >= 11 is 0. The van der Waals surface area contributed by atoms with Gasteiger partial charge in [0.15, 0.2) is 0 Å². The lowest BCUT2D eigenvalue weighted by Crippen LogP contribution is -2.35. The first-order valence-electron chi connectivity index (χ1n) is 6.55. The fourth-order valence-corrected chi connectivity index (χ4v) is 2.87. The van der Waals surface area contributed by atoms with Gasteiger partial charge in [-0.25, -0.2) is 0 Å². The van der Waals surface area contributed by atoms with Gasteiger partial charge in [0.1, 0.15) is 0 Å². The second-order valence-electron chi connectivity index (χ2n) is 5.32. The minimum atomic E-state index is 1.17. The van der Waals surface area contributed by atoms with Crippen molar-refractivity contribution < 1.29 is 0 Å². The number of piperidine rings is 1. The van der Waals surface area contributed by atoms with Crippen molar-refractivity contribution in [2.75, 3.05) is 19.6 Å². The zero-order valence-electron chi connectivity index (χ0n) is 11.2. The second-order valence-corrected chi connectivity index (χ2v) is 5.32. The van der Waals surface area contributed by atoms with Crippen LogP contribution in [0.5, 0.6) is 0 Å². The van der Waals surface area contributed by atoms with Crippen molar-refractivity contribution >= 4 is 0 Å². The fraction of sp³-hybridized carbons (Fsp3) is 0.667. The summed E-state index contributed by atoms with van der Waals surface area (Å²) in [6, 6.07) is 0. The first-order valence-corrected chi connectivity index (χ1v) is 6.55. The van der Waals surface area contributed by atoms with E-state index >= 15 is 0 Å². The predicted molar refractivity (Wildman–Crippen MR) is 69.2 cm³/mol. The molecule has 2 rings (SSSR count). The van der Waals surface area contributed by atoms with Gasteiger partial charge in [0.25, 0.3) is 0 Å². The molecule has 2 fully saturated rings. The Morgan fingerprint density at radius 2 is 1.25 bits per heavy atom. The van der Waals surface area contributed by atoms with E-state index in [-0.39, 0.29) is 0 Å². The molecule has 0 aromatic heterocycles. The zero-order chi connectivity index (χ0) is 11.7. The highest BCUT2D eigenvalue weighted by molar-refractivity contribution is 5.59. The van der Waals surface area contributed by atoms with Gasteiger partial charge in [-0.15, -0.1) is 0 Å². The third-order valence-electron chi connectivity index (χ3n) is 4.42. The summed E-state index contributed by atoms with van der Waals surface area (Å²) in [6.07, 6.45) is 4.20. The van der Waals surface area contributed by atoms with Crippen LogP contribution in [0.4, 0.5) is 0 Å². The molecule has 1 heteroatoms. The molecule has 0 N–H and O–H groups in total. The molecule has 89 valence electrons. The molecule has 0 unspecified atom stereocenters. The molecule has 1 saturated heterocycles. The Balaban J connectivity index is 1.93. The van der Waals surface area contributed by atoms with Crippen molar-refractivity contribution in [2.24, 2.45) is 0 Å². The summed E-state index contributed by atoms with van der Waals surface area (Å²) in [6.45, 7) is 12.9. The topological polar surface area (TPSA) is 3.24 Å². The Morgan fingerprint density at radius 1 is 0.750 bits per heavy atom. The van der Waals surface area contributed by atoms with E-state index in [1.807, 2.05) is 0 Å². The van der Waals surface area contributed by atoms with Gasteiger partial charge in [-0.3, -0.25) is 0 Å². The molecule has 0 aromatic rings. The van der Waals surface area contributed by atoms with E-state index in [1.165, 1.54) is 62.6 Å². The van der Waals surface area contributed by atoms with Gasteiger partial charge in [-0.2, -0.15) is 0 Å². The Kier molecular flexibility index (Phi) is 3.94. The van der Waals surface area contributed by atoms with E-state index in [9.17, 15) is 0 Å². The summed E-state index contributed by atoms with van der Waals surface area (Å²) < 4.78 is 0. The zero-order valence-corrected chi connectivity index (χ0v) is 11.2. The van der Waals surface area contributed by atoms with Crippen LogP contribution in [0.15, 0.2) is 0 Å². The van der Waals surface area contributed by atoms with Crippen LogP contribution in [0.1, 0.15) is 47.0 Å². The summed E-state index contributed by atoms with van der Waals surface area (Å²) in [5.41, 5.74) is 0. The van der Waals surface area contributed by atoms with Crippen LogP contribution in [-0.4, -0.2) is 24.5 Å². The standard InChI is InChI=1S/C15H24N/c1-11-12(2)14(4)15(13(11)3)10-16-8-6-5-7-9-16/h5-10H2,1-4H3. The average Bonchev–Trinajstić information content (AvgIpc) is 2.48. The molecule has 0 bridgehead atoms. The largest absolute Gasteiger partial charge is 0.303 e. The van der Waals surface area contributed by atoms with Gasteiger partial charge in [-0.05, 0) is 49.6 Å². The van der Waals surface area contributed by atoms with E-state index < -0.39 is 0 Å². The monoisotopic (exact) mass is 218 g/mol. The number of hydrogen-bond acceptors (Lipinski definition) is 1. The molecule has 0 amide bonds. The van der Waals surface area contributed by atoms with Crippen LogP contribution in [0.2, 0.25) is 0 Å². The smallest absolute Gasteiger partial charge is 0.00555 e. The van der Waals surface area contributed by atoms with E-state index in [2.05, 4.69) is 32.6 Å². The quantitative estimate of drug-likeness (QED) is 0.686. The van der Waals surface area contributed by atoms with Crippen molar-refractivity contribution in [1.82, 2.24) is 4.90 Å². The Morgan fingerprint density at radius 3 is 1.75 bits per heavy atom. The minimum Gasteiger partial charge on any atom is -0.303 e. The third-order valence-corrected chi connectivity index (χ3v) is 4.42. The highest BCUT2D eigenvalue weighted by atomic mass is 15.1. The minimum absolute atomic E-state index is 1.17. The maximum Gasteiger partial charge on any atom is 0.00555 e. The number of rotatable bonds is 2. The molecule has 1 aliphatic carbocycles. The van der Waals surface area contributed by atoms with Crippen LogP contribution in [0.25, 0.3) is 0 Å². The average molecular weight is 218 g/mol. The Bertz CT molecular complexity index is 205. The van der Waals surface area contributed by atoms with E-state index in [0.717, 1.165) is 0 Å². The predicted octanol–water partition coefficient (Wildman–Crippen LogP) is 3.44. The van der Waals surface area contributed by atoms with Crippen molar-refractivity contribution in [3.63, 3.8) is 0 Å². The van der Waals surface area contributed by atoms with Gasteiger partial charge in [0, 0.05) is 12.5 Å². The van der Waals surface area contributed by atoms with Crippen molar-refractivity contribution in [2.45, 2.75) is 47.0 Å². The van der Waals surface area contributed by atoms with Gasteiger partial charge in [0.2, 0.25) is 0 Å². The number of hydrogen-bond donors (Lipinski definition) is 0. The number of likely N-dealkylation sites (tertiary alicyclic amines) is 1. The molecule has 1 heterocycles. The van der Waals surface area contributed by atoms with Crippen molar-refractivity contribution in [3.05, 3.63) is 29.6 Å². The first-order chi connectivity index (χ1) is 7.61. The van der Waals surface area contributed by atoms with Crippen molar-refractivity contribution in [3.8, 4) is 0 Å². The van der Waals surface area contributed by atoms with Gasteiger partial charge in [0.05, 0.1) is 0 Å². The van der Waals surface area contributed by atoms with Crippen LogP contribution < -0.4 is 0 Å². The molecule has 0 aromatic carbocycles. The lowest BCUT2D eigenvalue weighted by molar-refractivity contribution is 0.237. The van der Waals surface area contributed by atoms with E-state index in [0.29, 0.717) is 0 Å². The van der Waals surface area contributed by atoms with Crippen LogP contribution in [0, 0.1) is 29.6 Å². The molecule has 1 saturated carbocycles. The summed E-state index contributed by atoms with van der Waals surface area (Å²) in [5, 5.41) is 0. The molecular weight excluding hydrogens is 194 g/mol. The molecule has 16 heavy (non-hydrogen) atoms. The SMILES string of the molecule is C[C]1[C](C)[C](C)[C](CN2CCCCC2)[C]1C. The Hall–Kier alpha value is -0.0400. The van der Waals surface area contributed by atoms with Gasteiger partial charge in [-0.1, -0.05) is 34.1 Å². The molecule has 0 atom stereocenters. The highest BCUT2D eigenvalue weighted by Crippen LogP contribution is 2.52. The van der Waals surface area contributed by atoms with Crippen LogP contribution in [-0.2, 0) is 0 Å². The fourth-order valence-electron chi connectivity index (χ4n) is 2.87. The molecule has 1 aliphatic heterocycles. The van der Waals surface area contributed by atoms with E-state index in [1.54, 1.807) is 5.92 Å². The summed E-state index contributed by atoms with van der Waals surface area (Å²) in [5.74, 6) is 7.66. The lowest BCUT2D eigenvalue weighted by atomic mass is 9.88. The Labute approximate surface area is 102 Å². The molecular formula is C15H24N. The first kappa shape index (κ1) is 12.4. The van der Waals surface area contributed by atoms with Gasteiger partial charge < -0.3 is 4.90 Å².